The Morgan fingerprint density at radius 2 is 2.24 bits per heavy atom. The van der Waals surface area contributed by atoms with Crippen LogP contribution in [0.15, 0.2) is 24.3 Å². The Hall–Kier alpha value is -1.88. The Morgan fingerprint density at radius 3 is 2.86 bits per heavy atom. The third kappa shape index (κ3) is 3.82. The van der Waals surface area contributed by atoms with E-state index in [1.54, 1.807) is 4.68 Å². The molecule has 112 valence electrons. The molecule has 0 aliphatic heterocycles. The fourth-order valence-electron chi connectivity index (χ4n) is 2.25. The van der Waals surface area contributed by atoms with Crippen molar-refractivity contribution in [2.75, 3.05) is 0 Å². The van der Waals surface area contributed by atoms with Gasteiger partial charge in [-0.25, -0.2) is 9.67 Å². The number of benzene rings is 1. The van der Waals surface area contributed by atoms with Crippen LogP contribution in [-0.4, -0.2) is 20.7 Å². The molecular weight excluding hydrogens is 288 g/mol. The van der Waals surface area contributed by atoms with Gasteiger partial charge in [-0.3, -0.25) is 4.79 Å². The minimum Gasteiger partial charge on any atom is -0.346 e. The van der Waals surface area contributed by atoms with Gasteiger partial charge in [0.2, 0.25) is 5.91 Å². The molecule has 1 heterocycles. The lowest BCUT2D eigenvalue weighted by molar-refractivity contribution is -0.119. The lowest BCUT2D eigenvalue weighted by Crippen LogP contribution is -2.28. The Labute approximate surface area is 129 Å². The minimum absolute atomic E-state index is 0.0771. The summed E-state index contributed by atoms with van der Waals surface area (Å²) < 4.78 is 1.75. The predicted octanol–water partition coefficient (Wildman–Crippen LogP) is 3.21. The van der Waals surface area contributed by atoms with E-state index in [0.29, 0.717) is 10.8 Å². The summed E-state index contributed by atoms with van der Waals surface area (Å²) in [5.74, 6) is 1.31. The summed E-state index contributed by atoms with van der Waals surface area (Å²) in [4.78, 5) is 15.9. The van der Waals surface area contributed by atoms with Crippen molar-refractivity contribution in [1.82, 2.24) is 20.1 Å². The standard InChI is InChI=1S/C15H19ClN4O/c1-4-6-14(18-11(3)21)15-17-10(2)19-20(15)13-8-5-7-12(16)9-13/h5,7-9,14H,4,6H2,1-3H3,(H,18,21). The van der Waals surface area contributed by atoms with E-state index in [2.05, 4.69) is 22.3 Å². The predicted molar refractivity (Wildman–Crippen MR) is 82.6 cm³/mol. The number of rotatable bonds is 5. The number of carbonyl (C=O) groups excluding carboxylic acids is 1. The fourth-order valence-corrected chi connectivity index (χ4v) is 2.44. The molecule has 0 spiro atoms. The average molecular weight is 307 g/mol. The molecule has 0 aliphatic rings. The molecule has 0 aliphatic carbocycles. The topological polar surface area (TPSA) is 59.8 Å². The van der Waals surface area contributed by atoms with E-state index in [-0.39, 0.29) is 11.9 Å². The summed E-state index contributed by atoms with van der Waals surface area (Å²) in [7, 11) is 0. The van der Waals surface area contributed by atoms with Gasteiger partial charge in [-0.15, -0.1) is 0 Å². The van der Waals surface area contributed by atoms with Gasteiger partial charge >= 0.3 is 0 Å². The molecule has 2 rings (SSSR count). The molecule has 1 aromatic carbocycles. The van der Waals surface area contributed by atoms with E-state index in [0.717, 1.165) is 24.4 Å². The highest BCUT2D eigenvalue weighted by Crippen LogP contribution is 2.22. The second-order valence-corrected chi connectivity index (χ2v) is 5.39. The molecule has 1 N–H and O–H groups in total. The molecule has 1 atom stereocenters. The molecule has 0 bridgehead atoms. The van der Waals surface area contributed by atoms with Crippen LogP contribution < -0.4 is 5.32 Å². The summed E-state index contributed by atoms with van der Waals surface area (Å²) in [6.45, 7) is 5.42. The molecule has 2 aromatic rings. The van der Waals surface area contributed by atoms with E-state index in [4.69, 9.17) is 11.6 Å². The second-order valence-electron chi connectivity index (χ2n) is 4.95. The lowest BCUT2D eigenvalue weighted by Gasteiger charge is -2.17. The monoisotopic (exact) mass is 306 g/mol. The molecule has 6 heteroatoms. The highest BCUT2D eigenvalue weighted by atomic mass is 35.5. The van der Waals surface area contributed by atoms with Crippen LogP contribution in [0.2, 0.25) is 5.02 Å². The third-order valence-electron chi connectivity index (χ3n) is 3.06. The van der Waals surface area contributed by atoms with Gasteiger partial charge in [0.1, 0.15) is 5.82 Å². The van der Waals surface area contributed by atoms with Gasteiger partial charge in [0.05, 0.1) is 11.7 Å². The largest absolute Gasteiger partial charge is 0.346 e. The van der Waals surface area contributed by atoms with Gasteiger partial charge in [-0.2, -0.15) is 5.10 Å². The van der Waals surface area contributed by atoms with Crippen molar-refractivity contribution < 1.29 is 4.79 Å². The molecule has 0 saturated carbocycles. The Balaban J connectivity index is 2.45. The molecule has 1 aromatic heterocycles. The third-order valence-corrected chi connectivity index (χ3v) is 3.29. The SMILES string of the molecule is CCCC(NC(C)=O)c1nc(C)nn1-c1cccc(Cl)c1. The van der Waals surface area contributed by atoms with Crippen LogP contribution in [0.3, 0.4) is 0 Å². The normalized spacial score (nSPS) is 12.2. The van der Waals surface area contributed by atoms with E-state index in [1.807, 2.05) is 31.2 Å². The van der Waals surface area contributed by atoms with E-state index in [9.17, 15) is 4.79 Å². The Bertz CT molecular complexity index is 638. The van der Waals surface area contributed by atoms with E-state index >= 15 is 0 Å². The molecule has 0 radical (unpaired) electrons. The maximum atomic E-state index is 11.4. The quantitative estimate of drug-likeness (QED) is 0.922. The first-order valence-electron chi connectivity index (χ1n) is 6.98. The number of nitrogens with one attached hydrogen (secondary N) is 1. The second kappa shape index (κ2) is 6.72. The number of halogens is 1. The van der Waals surface area contributed by atoms with Crippen molar-refractivity contribution in [3.63, 3.8) is 0 Å². The Kier molecular flexibility index (Phi) is 4.96. The van der Waals surface area contributed by atoms with Crippen molar-refractivity contribution in [1.29, 1.82) is 0 Å². The first-order chi connectivity index (χ1) is 10.0. The molecule has 0 saturated heterocycles. The van der Waals surface area contributed by atoms with Crippen molar-refractivity contribution in [3.05, 3.63) is 40.9 Å². The molecule has 21 heavy (non-hydrogen) atoms. The zero-order valence-electron chi connectivity index (χ0n) is 12.4. The number of carbonyl (C=O) groups is 1. The Morgan fingerprint density at radius 1 is 1.48 bits per heavy atom. The number of hydrogen-bond donors (Lipinski definition) is 1. The van der Waals surface area contributed by atoms with Crippen LogP contribution in [0.4, 0.5) is 0 Å². The average Bonchev–Trinajstić information content (AvgIpc) is 2.80. The van der Waals surface area contributed by atoms with Crippen LogP contribution in [0.5, 0.6) is 0 Å². The fraction of sp³-hybridized carbons (Fsp3) is 0.400. The summed E-state index contributed by atoms with van der Waals surface area (Å²) in [6.07, 6.45) is 1.74. The zero-order valence-corrected chi connectivity index (χ0v) is 13.2. The molecular formula is C15H19ClN4O. The number of aryl methyl sites for hydroxylation is 1. The summed E-state index contributed by atoms with van der Waals surface area (Å²) >= 11 is 6.05. The van der Waals surface area contributed by atoms with Crippen LogP contribution in [0, 0.1) is 6.92 Å². The smallest absolute Gasteiger partial charge is 0.217 e. The molecule has 5 nitrogen and oxygen atoms in total. The minimum atomic E-state index is -0.160. The van der Waals surface area contributed by atoms with Gasteiger partial charge in [0.25, 0.3) is 0 Å². The number of nitrogens with zero attached hydrogens (tertiary/aromatic N) is 3. The zero-order chi connectivity index (χ0) is 15.4. The summed E-state index contributed by atoms with van der Waals surface area (Å²) in [6, 6.07) is 7.26. The van der Waals surface area contributed by atoms with Crippen LogP contribution >= 0.6 is 11.6 Å². The van der Waals surface area contributed by atoms with Crippen molar-refractivity contribution >= 4 is 17.5 Å². The molecule has 0 fully saturated rings. The van der Waals surface area contributed by atoms with Gasteiger partial charge < -0.3 is 5.32 Å². The summed E-state index contributed by atoms with van der Waals surface area (Å²) in [5, 5.41) is 8.01. The van der Waals surface area contributed by atoms with E-state index < -0.39 is 0 Å². The highest BCUT2D eigenvalue weighted by Gasteiger charge is 2.20. The highest BCUT2D eigenvalue weighted by molar-refractivity contribution is 6.30. The maximum absolute atomic E-state index is 11.4. The maximum Gasteiger partial charge on any atom is 0.217 e. The van der Waals surface area contributed by atoms with Crippen molar-refractivity contribution in [2.45, 2.75) is 39.7 Å². The van der Waals surface area contributed by atoms with Crippen molar-refractivity contribution in [3.8, 4) is 5.69 Å². The molecule has 1 unspecified atom stereocenters. The lowest BCUT2D eigenvalue weighted by atomic mass is 10.1. The van der Waals surface area contributed by atoms with Crippen LogP contribution in [0.25, 0.3) is 5.69 Å². The van der Waals surface area contributed by atoms with Gasteiger partial charge in [-0.1, -0.05) is 31.0 Å². The van der Waals surface area contributed by atoms with Crippen molar-refractivity contribution in [2.24, 2.45) is 0 Å². The van der Waals surface area contributed by atoms with Gasteiger partial charge in [0.15, 0.2) is 5.82 Å². The number of aromatic nitrogens is 3. The summed E-state index contributed by atoms with van der Waals surface area (Å²) in [5.41, 5.74) is 0.838. The number of amides is 1. The molecule has 1 amide bonds. The number of hydrogen-bond acceptors (Lipinski definition) is 3. The van der Waals surface area contributed by atoms with Crippen LogP contribution in [0.1, 0.15) is 44.4 Å². The van der Waals surface area contributed by atoms with E-state index in [1.165, 1.54) is 6.92 Å². The van der Waals surface area contributed by atoms with Crippen LogP contribution in [-0.2, 0) is 4.79 Å². The first-order valence-corrected chi connectivity index (χ1v) is 7.35. The van der Waals surface area contributed by atoms with Gasteiger partial charge in [0, 0.05) is 11.9 Å². The first kappa shape index (κ1) is 15.5. The van der Waals surface area contributed by atoms with Gasteiger partial charge in [-0.05, 0) is 31.5 Å².